The minimum absolute atomic E-state index is 0.0895. The van der Waals surface area contributed by atoms with Crippen molar-refractivity contribution in [3.05, 3.63) is 35.1 Å². The standard InChI is InChI=1S/C16H16FNO2S/c17-12-2-1-10(5-6-18)15(9-12)16(19)11-7-13-3-4-14(8-11)21(13)20/h1-2,9,11,13-14H,3-5,7-8H2. The fourth-order valence-electron chi connectivity index (χ4n) is 3.48. The largest absolute Gasteiger partial charge is 0.294 e. The van der Waals surface area contributed by atoms with Gasteiger partial charge in [-0.25, -0.2) is 4.39 Å². The molecule has 2 fully saturated rings. The fourth-order valence-corrected chi connectivity index (χ4v) is 5.61. The summed E-state index contributed by atoms with van der Waals surface area (Å²) in [5.74, 6) is -0.727. The molecule has 110 valence electrons. The van der Waals surface area contributed by atoms with Gasteiger partial charge in [-0.05, 0) is 43.4 Å². The van der Waals surface area contributed by atoms with Gasteiger partial charge in [0.2, 0.25) is 0 Å². The molecule has 0 spiro atoms. The first-order valence-corrected chi connectivity index (χ1v) is 8.46. The third kappa shape index (κ3) is 2.65. The van der Waals surface area contributed by atoms with Crippen molar-refractivity contribution in [1.82, 2.24) is 0 Å². The lowest BCUT2D eigenvalue weighted by atomic mass is 9.87. The summed E-state index contributed by atoms with van der Waals surface area (Å²) in [4.78, 5) is 12.7. The van der Waals surface area contributed by atoms with E-state index < -0.39 is 16.6 Å². The Kier molecular flexibility index (Phi) is 3.90. The SMILES string of the molecule is N#CCc1ccc(F)cc1C(=O)C1CC2CCC(C1)S2=O. The molecule has 1 aromatic carbocycles. The lowest BCUT2D eigenvalue weighted by Crippen LogP contribution is -2.32. The maximum Gasteiger partial charge on any atom is 0.166 e. The zero-order valence-corrected chi connectivity index (χ0v) is 12.4. The fraction of sp³-hybridized carbons (Fsp3) is 0.500. The first-order valence-electron chi connectivity index (χ1n) is 7.19. The minimum atomic E-state index is -0.804. The molecule has 0 N–H and O–H groups in total. The van der Waals surface area contributed by atoms with Gasteiger partial charge in [0.15, 0.2) is 5.78 Å². The molecular formula is C16H16FNO2S. The van der Waals surface area contributed by atoms with Crippen molar-refractivity contribution in [2.24, 2.45) is 5.92 Å². The van der Waals surface area contributed by atoms with Crippen LogP contribution in [-0.4, -0.2) is 20.5 Å². The summed E-state index contributed by atoms with van der Waals surface area (Å²) >= 11 is 0. The summed E-state index contributed by atoms with van der Waals surface area (Å²) in [6.07, 6.45) is 3.21. The quantitative estimate of drug-likeness (QED) is 0.807. The number of rotatable bonds is 3. The molecule has 5 heteroatoms. The summed E-state index contributed by atoms with van der Waals surface area (Å²) in [5.41, 5.74) is 0.913. The van der Waals surface area contributed by atoms with Gasteiger partial charge in [0, 0.05) is 32.8 Å². The number of nitriles is 1. The monoisotopic (exact) mass is 305 g/mol. The molecule has 2 aliphatic rings. The van der Waals surface area contributed by atoms with Crippen molar-refractivity contribution in [2.45, 2.75) is 42.6 Å². The smallest absolute Gasteiger partial charge is 0.166 e. The molecule has 21 heavy (non-hydrogen) atoms. The van der Waals surface area contributed by atoms with Crippen LogP contribution in [0.15, 0.2) is 18.2 Å². The third-order valence-electron chi connectivity index (χ3n) is 4.54. The maximum absolute atomic E-state index is 13.5. The second-order valence-corrected chi connectivity index (χ2v) is 7.81. The van der Waals surface area contributed by atoms with Crippen LogP contribution in [0.2, 0.25) is 0 Å². The predicted molar refractivity (Wildman–Crippen MR) is 77.7 cm³/mol. The summed E-state index contributed by atoms with van der Waals surface area (Å²) < 4.78 is 25.5. The highest BCUT2D eigenvalue weighted by Gasteiger charge is 2.43. The molecule has 0 saturated carbocycles. The third-order valence-corrected chi connectivity index (χ3v) is 6.71. The van der Waals surface area contributed by atoms with Crippen molar-refractivity contribution in [3.63, 3.8) is 0 Å². The molecule has 0 aliphatic carbocycles. The van der Waals surface area contributed by atoms with Crippen molar-refractivity contribution >= 4 is 16.6 Å². The second-order valence-electron chi connectivity index (χ2n) is 5.82. The van der Waals surface area contributed by atoms with Crippen LogP contribution in [0, 0.1) is 23.1 Å². The molecule has 3 rings (SSSR count). The van der Waals surface area contributed by atoms with Crippen LogP contribution in [0.5, 0.6) is 0 Å². The highest BCUT2D eigenvalue weighted by Crippen LogP contribution is 2.40. The van der Waals surface area contributed by atoms with E-state index in [9.17, 15) is 13.4 Å². The zero-order chi connectivity index (χ0) is 15.0. The van der Waals surface area contributed by atoms with E-state index in [-0.39, 0.29) is 28.6 Å². The minimum Gasteiger partial charge on any atom is -0.294 e. The topological polar surface area (TPSA) is 57.9 Å². The van der Waals surface area contributed by atoms with Crippen LogP contribution < -0.4 is 0 Å². The number of carbonyl (C=O) groups is 1. The van der Waals surface area contributed by atoms with E-state index in [2.05, 4.69) is 0 Å². The second kappa shape index (κ2) is 5.69. The van der Waals surface area contributed by atoms with Gasteiger partial charge in [0.25, 0.3) is 0 Å². The number of ketones is 1. The van der Waals surface area contributed by atoms with E-state index in [0.29, 0.717) is 24.0 Å². The summed E-state index contributed by atoms with van der Waals surface area (Å²) in [7, 11) is -0.804. The summed E-state index contributed by atoms with van der Waals surface area (Å²) in [6, 6.07) is 6.05. The van der Waals surface area contributed by atoms with Crippen LogP contribution >= 0.6 is 0 Å². The lowest BCUT2D eigenvalue weighted by Gasteiger charge is -2.26. The first kappa shape index (κ1) is 14.4. The molecular weight excluding hydrogens is 289 g/mol. The van der Waals surface area contributed by atoms with Crippen molar-refractivity contribution < 1.29 is 13.4 Å². The Morgan fingerprint density at radius 3 is 2.62 bits per heavy atom. The molecule has 2 atom stereocenters. The van der Waals surface area contributed by atoms with Crippen LogP contribution in [0.25, 0.3) is 0 Å². The Bertz CT molecular complexity index is 636. The molecule has 0 amide bonds. The number of hydrogen-bond acceptors (Lipinski definition) is 3. The first-order chi connectivity index (χ1) is 10.1. The van der Waals surface area contributed by atoms with Crippen LogP contribution in [0.4, 0.5) is 4.39 Å². The molecule has 0 radical (unpaired) electrons. The van der Waals surface area contributed by atoms with Gasteiger partial charge < -0.3 is 0 Å². The number of halogens is 1. The number of carbonyl (C=O) groups excluding carboxylic acids is 1. The molecule has 3 nitrogen and oxygen atoms in total. The van der Waals surface area contributed by atoms with E-state index in [1.807, 2.05) is 6.07 Å². The van der Waals surface area contributed by atoms with Gasteiger partial charge in [-0.2, -0.15) is 5.26 Å². The summed E-state index contributed by atoms with van der Waals surface area (Å²) in [5, 5.41) is 9.07. The van der Waals surface area contributed by atoms with Crippen LogP contribution in [-0.2, 0) is 17.2 Å². The van der Waals surface area contributed by atoms with E-state index in [0.717, 1.165) is 12.8 Å². The average Bonchev–Trinajstić information content (AvgIpc) is 2.70. The number of Topliss-reactive ketones (excluding diaryl/α,β-unsaturated/α-hetero) is 1. The Morgan fingerprint density at radius 1 is 1.33 bits per heavy atom. The number of hydrogen-bond donors (Lipinski definition) is 0. The van der Waals surface area contributed by atoms with Crippen molar-refractivity contribution in [1.29, 1.82) is 5.26 Å². The maximum atomic E-state index is 13.5. The molecule has 2 saturated heterocycles. The Morgan fingerprint density at radius 2 is 2.00 bits per heavy atom. The number of nitrogens with zero attached hydrogens (tertiary/aromatic N) is 1. The Balaban J connectivity index is 1.87. The van der Waals surface area contributed by atoms with E-state index in [1.165, 1.54) is 18.2 Å². The van der Waals surface area contributed by atoms with Gasteiger partial charge in [-0.1, -0.05) is 6.07 Å². The summed E-state index contributed by atoms with van der Waals surface area (Å²) in [6.45, 7) is 0. The van der Waals surface area contributed by atoms with Gasteiger partial charge in [0.05, 0.1) is 12.5 Å². The highest BCUT2D eigenvalue weighted by molar-refractivity contribution is 7.86. The van der Waals surface area contributed by atoms with E-state index >= 15 is 0 Å². The molecule has 2 bridgehead atoms. The average molecular weight is 305 g/mol. The van der Waals surface area contributed by atoms with E-state index in [4.69, 9.17) is 5.26 Å². The van der Waals surface area contributed by atoms with Gasteiger partial charge in [-0.15, -0.1) is 0 Å². The molecule has 2 heterocycles. The lowest BCUT2D eigenvalue weighted by molar-refractivity contribution is 0.0905. The molecule has 1 aromatic rings. The molecule has 2 unspecified atom stereocenters. The van der Waals surface area contributed by atoms with E-state index in [1.54, 1.807) is 0 Å². The van der Waals surface area contributed by atoms with Crippen molar-refractivity contribution in [2.75, 3.05) is 0 Å². The molecule has 0 aromatic heterocycles. The Hall–Kier alpha value is -1.54. The van der Waals surface area contributed by atoms with Crippen molar-refractivity contribution in [3.8, 4) is 6.07 Å². The van der Waals surface area contributed by atoms with Gasteiger partial charge in [0.1, 0.15) is 5.82 Å². The molecule has 2 aliphatic heterocycles. The normalized spacial score (nSPS) is 30.9. The van der Waals surface area contributed by atoms with Gasteiger partial charge in [-0.3, -0.25) is 9.00 Å². The predicted octanol–water partition coefficient (Wildman–Crippen LogP) is 2.76. The van der Waals surface area contributed by atoms with Crippen LogP contribution in [0.1, 0.15) is 41.6 Å². The highest BCUT2D eigenvalue weighted by atomic mass is 32.2. The van der Waals surface area contributed by atoms with Crippen LogP contribution in [0.3, 0.4) is 0 Å². The number of benzene rings is 1. The zero-order valence-electron chi connectivity index (χ0n) is 11.5. The van der Waals surface area contributed by atoms with Gasteiger partial charge >= 0.3 is 0 Å². The Labute approximate surface area is 125 Å². The number of fused-ring (bicyclic) bond motifs is 2.